The van der Waals surface area contributed by atoms with Gasteiger partial charge in [-0.2, -0.15) is 0 Å². The van der Waals surface area contributed by atoms with Crippen LogP contribution in [0.2, 0.25) is 0 Å². The van der Waals surface area contributed by atoms with Gasteiger partial charge < -0.3 is 14.5 Å². The predicted molar refractivity (Wildman–Crippen MR) is 132 cm³/mol. The molecule has 1 fully saturated rings. The van der Waals surface area contributed by atoms with Crippen LogP contribution < -0.4 is 0 Å². The molecule has 1 saturated heterocycles. The SMILES string of the molecule is C=C/C(=C\C=C(/C)OC1CCOCC1)C(C)c1[nH]c2ccc(C)cc2c1CCC(C)C. The summed E-state index contributed by atoms with van der Waals surface area (Å²) in [6.07, 6.45) is 10.7. The molecule has 1 aliphatic rings. The fourth-order valence-electron chi connectivity index (χ4n) is 4.32. The van der Waals surface area contributed by atoms with Crippen LogP contribution >= 0.6 is 0 Å². The van der Waals surface area contributed by atoms with E-state index in [1.54, 1.807) is 0 Å². The molecule has 1 atom stereocenters. The lowest BCUT2D eigenvalue weighted by atomic mass is 9.90. The number of ether oxygens (including phenoxy) is 2. The fourth-order valence-corrected chi connectivity index (χ4v) is 4.32. The summed E-state index contributed by atoms with van der Waals surface area (Å²) in [4.78, 5) is 3.73. The number of nitrogens with one attached hydrogen (secondary N) is 1. The quantitative estimate of drug-likeness (QED) is 0.338. The molecule has 1 unspecified atom stereocenters. The van der Waals surface area contributed by atoms with Crippen LogP contribution in [0.15, 0.2) is 54.3 Å². The van der Waals surface area contributed by atoms with Gasteiger partial charge in [-0.25, -0.2) is 0 Å². The summed E-state index contributed by atoms with van der Waals surface area (Å²) in [5.74, 6) is 1.87. The van der Waals surface area contributed by atoms with Crippen molar-refractivity contribution in [3.63, 3.8) is 0 Å². The topological polar surface area (TPSA) is 34.2 Å². The Morgan fingerprint density at radius 3 is 2.65 bits per heavy atom. The Morgan fingerprint density at radius 2 is 1.97 bits per heavy atom. The molecule has 3 heteroatoms. The molecule has 0 aliphatic carbocycles. The predicted octanol–water partition coefficient (Wildman–Crippen LogP) is 7.38. The van der Waals surface area contributed by atoms with Crippen LogP contribution in [0.4, 0.5) is 0 Å². The van der Waals surface area contributed by atoms with Crippen molar-refractivity contribution in [1.82, 2.24) is 4.98 Å². The molecule has 0 saturated carbocycles. The number of hydrogen-bond acceptors (Lipinski definition) is 2. The Balaban J connectivity index is 1.87. The average molecular weight is 422 g/mol. The molecule has 0 spiro atoms. The Morgan fingerprint density at radius 1 is 1.23 bits per heavy atom. The molecule has 3 nitrogen and oxygen atoms in total. The minimum absolute atomic E-state index is 0.236. The highest BCUT2D eigenvalue weighted by molar-refractivity contribution is 5.85. The molecule has 2 aromatic rings. The van der Waals surface area contributed by atoms with Gasteiger partial charge in [0.1, 0.15) is 6.10 Å². The number of fused-ring (bicyclic) bond motifs is 1. The highest BCUT2D eigenvalue weighted by Gasteiger charge is 2.19. The van der Waals surface area contributed by atoms with Gasteiger partial charge in [0.25, 0.3) is 0 Å². The molecule has 2 heterocycles. The van der Waals surface area contributed by atoms with E-state index in [1.165, 1.54) is 39.7 Å². The van der Waals surface area contributed by atoms with Crippen LogP contribution in [0.3, 0.4) is 0 Å². The number of hydrogen-bond donors (Lipinski definition) is 1. The molecule has 0 bridgehead atoms. The molecule has 3 rings (SSSR count). The lowest BCUT2D eigenvalue weighted by Crippen LogP contribution is -2.22. The number of H-pyrrole nitrogens is 1. The monoisotopic (exact) mass is 421 g/mol. The number of aryl methyl sites for hydroxylation is 2. The second-order valence-corrected chi connectivity index (χ2v) is 9.30. The van der Waals surface area contributed by atoms with Gasteiger partial charge in [0, 0.05) is 35.4 Å². The molecule has 0 amide bonds. The molecular weight excluding hydrogens is 382 g/mol. The van der Waals surface area contributed by atoms with E-state index in [1.807, 2.05) is 13.0 Å². The molecule has 168 valence electrons. The Hall–Kier alpha value is -2.26. The second kappa shape index (κ2) is 10.9. The van der Waals surface area contributed by atoms with E-state index in [0.717, 1.165) is 38.2 Å². The van der Waals surface area contributed by atoms with Gasteiger partial charge in [-0.1, -0.05) is 51.1 Å². The van der Waals surface area contributed by atoms with E-state index in [4.69, 9.17) is 9.47 Å². The van der Waals surface area contributed by atoms with Crippen molar-refractivity contribution in [3.8, 4) is 0 Å². The zero-order valence-corrected chi connectivity index (χ0v) is 20.0. The first kappa shape index (κ1) is 23.4. The lowest BCUT2D eigenvalue weighted by molar-refractivity contribution is -0.00335. The number of rotatable bonds is 9. The minimum atomic E-state index is 0.236. The van der Waals surface area contributed by atoms with Crippen molar-refractivity contribution < 1.29 is 9.47 Å². The second-order valence-electron chi connectivity index (χ2n) is 9.30. The number of aromatic amines is 1. The van der Waals surface area contributed by atoms with Crippen LogP contribution in [-0.2, 0) is 15.9 Å². The number of allylic oxidation sites excluding steroid dienone is 5. The van der Waals surface area contributed by atoms with Gasteiger partial charge in [-0.05, 0) is 62.0 Å². The maximum atomic E-state index is 6.12. The summed E-state index contributed by atoms with van der Waals surface area (Å²) in [5.41, 5.74) is 6.49. The van der Waals surface area contributed by atoms with Crippen molar-refractivity contribution in [3.05, 3.63) is 71.2 Å². The van der Waals surface area contributed by atoms with Crippen LogP contribution in [0.1, 0.15) is 69.7 Å². The third-order valence-electron chi connectivity index (χ3n) is 6.27. The maximum absolute atomic E-state index is 6.12. The maximum Gasteiger partial charge on any atom is 0.103 e. The van der Waals surface area contributed by atoms with Crippen LogP contribution in [-0.4, -0.2) is 24.3 Å². The summed E-state index contributed by atoms with van der Waals surface area (Å²) in [6, 6.07) is 6.72. The van der Waals surface area contributed by atoms with E-state index in [0.29, 0.717) is 5.92 Å². The lowest BCUT2D eigenvalue weighted by Gasteiger charge is -2.23. The Kier molecular flexibility index (Phi) is 8.20. The first-order valence-corrected chi connectivity index (χ1v) is 11.8. The zero-order valence-electron chi connectivity index (χ0n) is 20.0. The molecule has 1 aromatic carbocycles. The third kappa shape index (κ3) is 6.13. The minimum Gasteiger partial charge on any atom is -0.495 e. The van der Waals surface area contributed by atoms with Crippen molar-refractivity contribution in [2.75, 3.05) is 13.2 Å². The first-order valence-electron chi connectivity index (χ1n) is 11.8. The summed E-state index contributed by atoms with van der Waals surface area (Å²) < 4.78 is 11.5. The molecule has 1 aromatic heterocycles. The Labute approximate surface area is 188 Å². The molecule has 1 aliphatic heterocycles. The highest BCUT2D eigenvalue weighted by Crippen LogP contribution is 2.34. The van der Waals surface area contributed by atoms with E-state index in [-0.39, 0.29) is 12.0 Å². The van der Waals surface area contributed by atoms with Crippen LogP contribution in [0.25, 0.3) is 10.9 Å². The van der Waals surface area contributed by atoms with Gasteiger partial charge in [0.05, 0.1) is 19.0 Å². The Bertz CT molecular complexity index is 941. The van der Waals surface area contributed by atoms with Crippen molar-refractivity contribution in [1.29, 1.82) is 0 Å². The third-order valence-corrected chi connectivity index (χ3v) is 6.27. The summed E-state index contributed by atoms with van der Waals surface area (Å²) in [6.45, 7) is 16.8. The molecule has 1 N–H and O–H groups in total. The molecule has 0 radical (unpaired) electrons. The van der Waals surface area contributed by atoms with Gasteiger partial charge in [0.2, 0.25) is 0 Å². The van der Waals surface area contributed by atoms with Crippen molar-refractivity contribution >= 4 is 10.9 Å². The highest BCUT2D eigenvalue weighted by atomic mass is 16.5. The summed E-state index contributed by atoms with van der Waals surface area (Å²) in [7, 11) is 0. The summed E-state index contributed by atoms with van der Waals surface area (Å²) in [5, 5.41) is 1.36. The van der Waals surface area contributed by atoms with Gasteiger partial charge in [-0.3, -0.25) is 0 Å². The van der Waals surface area contributed by atoms with E-state index in [9.17, 15) is 0 Å². The van der Waals surface area contributed by atoms with Crippen molar-refractivity contribution in [2.45, 2.75) is 72.3 Å². The van der Waals surface area contributed by atoms with Gasteiger partial charge in [0.15, 0.2) is 0 Å². The average Bonchev–Trinajstić information content (AvgIpc) is 3.10. The van der Waals surface area contributed by atoms with Crippen molar-refractivity contribution in [2.24, 2.45) is 5.92 Å². The van der Waals surface area contributed by atoms with E-state index < -0.39 is 0 Å². The van der Waals surface area contributed by atoms with E-state index in [2.05, 4.69) is 69.6 Å². The normalized spacial score (nSPS) is 17.4. The van der Waals surface area contributed by atoms with E-state index >= 15 is 0 Å². The zero-order chi connectivity index (χ0) is 22.4. The first-order chi connectivity index (χ1) is 14.9. The van der Waals surface area contributed by atoms with Gasteiger partial charge in [-0.15, -0.1) is 0 Å². The van der Waals surface area contributed by atoms with Crippen LogP contribution in [0.5, 0.6) is 0 Å². The molecule has 31 heavy (non-hydrogen) atoms. The van der Waals surface area contributed by atoms with Gasteiger partial charge >= 0.3 is 0 Å². The smallest absolute Gasteiger partial charge is 0.103 e. The molecular formula is C28H39NO2. The fraction of sp³-hybridized carbons (Fsp3) is 0.500. The standard InChI is InChI=1S/C28H39NO2/c1-7-23(11-10-21(5)31-24-14-16-30-17-15-24)22(6)28-25(12-8-19(2)3)26-18-20(4)9-13-27(26)29-28/h7,9-11,13,18-19,22,24,29H,1,8,12,14-17H2,2-6H3/b21-10+,23-11+. The summed E-state index contributed by atoms with van der Waals surface area (Å²) >= 11 is 0. The number of aromatic nitrogens is 1. The largest absolute Gasteiger partial charge is 0.495 e. The number of benzene rings is 1. The van der Waals surface area contributed by atoms with Crippen LogP contribution in [0, 0.1) is 12.8 Å².